The van der Waals surface area contributed by atoms with Crippen molar-refractivity contribution in [3.05, 3.63) is 102 Å². The van der Waals surface area contributed by atoms with Gasteiger partial charge in [-0.1, -0.05) is 102 Å². The fourth-order valence-corrected chi connectivity index (χ4v) is 10.9. The third-order valence-corrected chi connectivity index (χ3v) is 16.0. The van der Waals surface area contributed by atoms with Crippen molar-refractivity contribution in [3.8, 4) is 5.75 Å². The number of aliphatic hydroxyl groups excluding tert-OH is 1. The molecule has 29 heteroatoms. The van der Waals surface area contributed by atoms with Gasteiger partial charge in [0.15, 0.2) is 5.96 Å². The number of aliphatic hydroxyl groups is 1. The average molecular weight is 1310 g/mol. The number of hydrogen-bond donors (Lipinski definition) is 16. The van der Waals surface area contributed by atoms with Crippen LogP contribution >= 0.6 is 0 Å². The quantitative estimate of drug-likeness (QED) is 0.0151. The number of carbonyl (C=O) groups excluding carboxylic acids is 10. The average Bonchev–Trinajstić information content (AvgIpc) is 1.60. The number of nitrogens with one attached hydrogen (secondary N) is 9. The number of likely N-dealkylation sites (tertiary alicyclic amines) is 1. The van der Waals surface area contributed by atoms with Crippen LogP contribution in [0.4, 0.5) is 0 Å². The fourth-order valence-electron chi connectivity index (χ4n) is 10.9. The highest BCUT2D eigenvalue weighted by Gasteiger charge is 2.42. The summed E-state index contributed by atoms with van der Waals surface area (Å²) in [7, 11) is 0. The van der Waals surface area contributed by atoms with Crippen LogP contribution in [-0.2, 0) is 72.0 Å². The van der Waals surface area contributed by atoms with Gasteiger partial charge in [-0.3, -0.25) is 52.9 Å². The zero-order valence-electron chi connectivity index (χ0n) is 54.2. The molecule has 512 valence electrons. The van der Waals surface area contributed by atoms with Crippen LogP contribution in [0.15, 0.2) is 90.1 Å². The number of benzene rings is 3. The Kier molecular flexibility index (Phi) is 28.7. The van der Waals surface area contributed by atoms with Gasteiger partial charge in [-0.25, -0.2) is 4.79 Å². The smallest absolute Gasteiger partial charge is 0.326 e. The zero-order valence-corrected chi connectivity index (χ0v) is 54.2. The van der Waals surface area contributed by atoms with Crippen LogP contribution in [0.3, 0.4) is 0 Å². The highest BCUT2D eigenvalue weighted by atomic mass is 16.4. The van der Waals surface area contributed by atoms with Crippen LogP contribution in [0, 0.1) is 17.8 Å². The van der Waals surface area contributed by atoms with Crippen molar-refractivity contribution in [2.24, 2.45) is 45.7 Å². The van der Waals surface area contributed by atoms with E-state index in [9.17, 15) is 63.3 Å². The Labute approximate surface area is 545 Å². The molecule has 11 atom stereocenters. The number of phenols is 1. The van der Waals surface area contributed by atoms with Crippen LogP contribution in [0.25, 0.3) is 10.9 Å². The second kappa shape index (κ2) is 36.0. The summed E-state index contributed by atoms with van der Waals surface area (Å²) in [6, 6.07) is 7.57. The van der Waals surface area contributed by atoms with E-state index in [0.29, 0.717) is 40.4 Å². The summed E-state index contributed by atoms with van der Waals surface area (Å²) < 4.78 is 0. The summed E-state index contributed by atoms with van der Waals surface area (Å²) in [6.07, 6.45) is -0.841. The number of amides is 10. The third-order valence-electron chi connectivity index (χ3n) is 16.0. The van der Waals surface area contributed by atoms with Gasteiger partial charge in [0.1, 0.15) is 60.1 Å². The lowest BCUT2D eigenvalue weighted by Crippen LogP contribution is -2.62. The molecule has 0 aliphatic carbocycles. The van der Waals surface area contributed by atoms with Gasteiger partial charge in [-0.2, -0.15) is 0 Å². The number of nitrogens with two attached hydrogens (primary N) is 4. The third kappa shape index (κ3) is 22.9. The maximum absolute atomic E-state index is 15.1. The molecule has 1 aliphatic rings. The highest BCUT2D eigenvalue weighted by Crippen LogP contribution is 2.24. The van der Waals surface area contributed by atoms with Crippen molar-refractivity contribution >= 4 is 81.9 Å². The number of H-pyrrole nitrogens is 1. The van der Waals surface area contributed by atoms with E-state index in [1.807, 2.05) is 13.8 Å². The summed E-state index contributed by atoms with van der Waals surface area (Å²) in [5, 5.41) is 53.1. The maximum Gasteiger partial charge on any atom is 0.326 e. The van der Waals surface area contributed by atoms with Crippen LogP contribution in [-0.4, -0.2) is 176 Å². The minimum Gasteiger partial charge on any atom is -0.508 e. The van der Waals surface area contributed by atoms with Crippen molar-refractivity contribution < 1.29 is 68.1 Å². The van der Waals surface area contributed by atoms with Gasteiger partial charge in [0.05, 0.1) is 12.1 Å². The van der Waals surface area contributed by atoms with Gasteiger partial charge in [-0.05, 0) is 98.1 Å². The number of para-hydroxylation sites is 1. The largest absolute Gasteiger partial charge is 0.508 e. The molecule has 0 saturated carbocycles. The lowest BCUT2D eigenvalue weighted by molar-refractivity contribution is -0.143. The first-order valence-corrected chi connectivity index (χ1v) is 31.5. The summed E-state index contributed by atoms with van der Waals surface area (Å²) in [5.41, 5.74) is 24.9. The minimum atomic E-state index is -1.87. The minimum absolute atomic E-state index is 0.00447. The zero-order chi connectivity index (χ0) is 69.5. The molecule has 4 aromatic rings. The monoisotopic (exact) mass is 1310 g/mol. The fraction of sp³-hybridized carbons (Fsp3) is 0.508. The molecule has 3 aromatic carbocycles. The number of nitrogens with zero attached hydrogens (tertiary/aromatic N) is 2. The van der Waals surface area contributed by atoms with E-state index in [2.05, 4.69) is 52.5 Å². The molecular formula is C65H93N15O14. The Hall–Kier alpha value is -9.64. The summed E-state index contributed by atoms with van der Waals surface area (Å²) >= 11 is 0. The lowest BCUT2D eigenvalue weighted by atomic mass is 9.97. The van der Waals surface area contributed by atoms with E-state index in [1.54, 1.807) is 101 Å². The Morgan fingerprint density at radius 3 is 1.71 bits per heavy atom. The van der Waals surface area contributed by atoms with Crippen molar-refractivity contribution in [1.29, 1.82) is 0 Å². The van der Waals surface area contributed by atoms with E-state index in [-0.39, 0.29) is 69.2 Å². The maximum atomic E-state index is 15.1. The number of aliphatic imine (C=N–C) groups is 1. The molecule has 1 saturated heterocycles. The van der Waals surface area contributed by atoms with E-state index in [1.165, 1.54) is 24.0 Å². The van der Waals surface area contributed by atoms with Crippen molar-refractivity contribution in [2.45, 2.75) is 179 Å². The summed E-state index contributed by atoms with van der Waals surface area (Å²) in [5.74, 6) is -11.1. The van der Waals surface area contributed by atoms with Gasteiger partial charge in [0.25, 0.3) is 0 Å². The number of fused-ring (bicyclic) bond motifs is 1. The number of phenolic OH excluding ortho intramolecular Hbond substituents is 1. The Balaban J connectivity index is 1.41. The number of carbonyl (C=O) groups is 11. The molecule has 5 rings (SSSR count). The lowest BCUT2D eigenvalue weighted by Gasteiger charge is -2.32. The van der Waals surface area contributed by atoms with Crippen LogP contribution in [0.5, 0.6) is 5.75 Å². The molecule has 0 bridgehead atoms. The van der Waals surface area contributed by atoms with Gasteiger partial charge < -0.3 is 90.7 Å². The Morgan fingerprint density at radius 2 is 1.12 bits per heavy atom. The van der Waals surface area contributed by atoms with Crippen LogP contribution in [0.1, 0.15) is 110 Å². The second-order valence-corrected chi connectivity index (χ2v) is 24.8. The Bertz CT molecular complexity index is 3300. The number of aliphatic carboxylic acids is 1. The van der Waals surface area contributed by atoms with Gasteiger partial charge in [-0.15, -0.1) is 0 Å². The SMILES string of the molecule is CC(C)C[C@H](N)C(=O)N[C@H](C(=O)N[C@H](C(=O)N[C@@H](Cc1ccc(O)cc1)C(=O)N1CCC[C@H]1C(=O)N[C@@H](Cc1c[nH]c2ccccc12)C(=O)N[C@H](C(=O)N[C@@H](CCC(N)=O)C(=O)N[C@@H](CCCN=C(N)N)C(=O)N[C@@H](Cc1ccccc1)C(=O)O)[C@@H](C)O)C(C)C)C(C)C. The van der Waals surface area contributed by atoms with Gasteiger partial charge >= 0.3 is 5.97 Å². The highest BCUT2D eigenvalue weighted by molar-refractivity contribution is 5.99. The molecule has 0 spiro atoms. The van der Waals surface area contributed by atoms with Crippen molar-refractivity contribution in [2.75, 3.05) is 13.1 Å². The van der Waals surface area contributed by atoms with Crippen LogP contribution < -0.4 is 65.5 Å². The molecule has 2 heterocycles. The topological polar surface area (TPSA) is 480 Å². The summed E-state index contributed by atoms with van der Waals surface area (Å²) in [6.45, 7) is 11.8. The number of carboxylic acid groups (broad SMARTS) is 1. The number of primary amides is 1. The second-order valence-electron chi connectivity index (χ2n) is 24.8. The molecule has 29 nitrogen and oxygen atoms in total. The first-order chi connectivity index (χ1) is 44.4. The molecule has 1 aromatic heterocycles. The number of carboxylic acids is 1. The van der Waals surface area contributed by atoms with Gasteiger partial charge in [0, 0.05) is 55.9 Å². The predicted molar refractivity (Wildman–Crippen MR) is 349 cm³/mol. The number of aromatic amines is 1. The number of guanidine groups is 1. The predicted octanol–water partition coefficient (Wildman–Crippen LogP) is -0.759. The molecule has 0 unspecified atom stereocenters. The Morgan fingerprint density at radius 1 is 0.596 bits per heavy atom. The van der Waals surface area contributed by atoms with Crippen LogP contribution in [0.2, 0.25) is 0 Å². The van der Waals surface area contributed by atoms with E-state index < -0.39 is 156 Å². The van der Waals surface area contributed by atoms with Crippen molar-refractivity contribution in [3.63, 3.8) is 0 Å². The molecule has 94 heavy (non-hydrogen) atoms. The normalized spacial score (nSPS) is 16.2. The molecule has 20 N–H and O–H groups in total. The molecule has 1 fully saturated rings. The number of aromatic hydroxyl groups is 1. The first-order valence-electron chi connectivity index (χ1n) is 31.5. The van der Waals surface area contributed by atoms with Crippen molar-refractivity contribution in [1.82, 2.24) is 52.4 Å². The van der Waals surface area contributed by atoms with E-state index >= 15 is 4.79 Å². The van der Waals surface area contributed by atoms with Gasteiger partial charge in [0.2, 0.25) is 59.1 Å². The molecular weight excluding hydrogens is 1210 g/mol. The standard InChI is InChI=1S/C65H93N15O14/c1-34(2)29-43(66)55(84)77-53(36(5)6)61(90)78-52(35(3)4)60(89)75-48(30-39-21-23-41(82)24-22-39)63(92)80-28-14-20-50(80)59(88)74-47(32-40-33-71-44-18-12-11-17-42(40)44)58(87)79-54(37(7)81)62(91)73-46(25-26-51(67)83)57(86)72-45(19-13-27-70-65(68)69)56(85)76-49(64(93)94)31-38-15-9-8-10-16-38/h8-12,15-18,21-24,33-37,43,45-50,52-54,71,81-82H,13-14,19-20,25-32,66H2,1-7H3,(H2,67,83)(H,72,86)(H,73,91)(H,74,88)(H,75,89)(H,76,85)(H,77,84)(H,78,90)(H,79,87)(H,93,94)(H4,68,69,70)/t37-,43+,45+,46+,47+,48+,49+,50+,52+,53+,54+/m1/s1. The number of aromatic nitrogens is 1. The van der Waals surface area contributed by atoms with E-state index in [4.69, 9.17) is 22.9 Å². The number of rotatable bonds is 36. The first kappa shape index (κ1) is 75.1. The van der Waals surface area contributed by atoms with E-state index in [0.717, 1.165) is 0 Å². The molecule has 0 radical (unpaired) electrons. The number of hydrogen-bond acceptors (Lipinski definition) is 15. The molecule has 10 amide bonds. The molecule has 1 aliphatic heterocycles. The summed E-state index contributed by atoms with van der Waals surface area (Å²) in [4.78, 5) is 162.